The maximum Gasteiger partial charge on any atom is 0.321 e. The van der Waals surface area contributed by atoms with Gasteiger partial charge in [-0.05, 0) is 106 Å². The van der Waals surface area contributed by atoms with Gasteiger partial charge in [-0.2, -0.15) is 5.53 Å². The van der Waals surface area contributed by atoms with E-state index in [1.807, 2.05) is 109 Å². The number of thioether (sulfide) groups is 1. The summed E-state index contributed by atoms with van der Waals surface area (Å²) in [4.78, 5) is 48.8. The second kappa shape index (κ2) is 37.9. The number of nitrogens with zero attached hydrogens (tertiary/aromatic N) is 5. The number of unbranched alkanes of at least 4 members (excludes halogenated alkanes) is 1. The Hall–Kier alpha value is -5.44. The lowest BCUT2D eigenvalue weighted by Gasteiger charge is -2.36. The molecule has 3 aliphatic rings. The van der Waals surface area contributed by atoms with Gasteiger partial charge in [0, 0.05) is 116 Å². The van der Waals surface area contributed by atoms with Crippen molar-refractivity contribution >= 4 is 35.3 Å². The second-order valence-corrected chi connectivity index (χ2v) is 22.7. The predicted octanol–water partition coefficient (Wildman–Crippen LogP) is 4.91. The lowest BCUT2D eigenvalue weighted by atomic mass is 10.0. The minimum atomic E-state index is -0.764. The monoisotopic (exact) mass is 1180 g/mol. The van der Waals surface area contributed by atoms with Gasteiger partial charge in [0.2, 0.25) is 11.8 Å². The summed E-state index contributed by atoms with van der Waals surface area (Å²) in [5.74, 6) is 2.02. The molecule has 84 heavy (non-hydrogen) atoms. The maximum atomic E-state index is 14.0. The number of aliphatic hydroxyl groups is 1. The molecule has 4 aromatic carbocycles. The van der Waals surface area contributed by atoms with Crippen LogP contribution in [0.1, 0.15) is 61.3 Å². The van der Waals surface area contributed by atoms with Crippen LogP contribution in [0.25, 0.3) is 0 Å². The largest absolute Gasteiger partial charge is 0.494 e. The number of urea groups is 1. The number of hydrogen-bond acceptors (Lipinski definition) is 18. The van der Waals surface area contributed by atoms with Crippen LogP contribution in [-0.2, 0) is 41.5 Å². The standard InChI is InChI=1S/C62H93N11O10S/c1-69(28-10-11-37-82-55-22-17-49(18-23-55)19-26-57(74)73(29-12-36-78-3)59(51-15-8-5-9-16-51)60(76)63-46-50-13-6-4-7-14-50)34-39-80-42-41-79-38-27-53-47-72(68-67-53)35-40-81-43-44-83-56-24-20-52(21-25-56)64-61(77)66-62-65-54(48-84-62)45-58(75)71-32-30-70(2)31-33-71/h4-9,13-18,20-25,53-54,58-59,62,65,67-68,75H,10-12,19,26-48H2,1-3H3,(H,63,76)(H2,64,66,77). The molecule has 0 radical (unpaired) electrons. The number of likely N-dealkylation sites (N-methyl/N-ethyl adjacent to an activating group) is 2. The van der Waals surface area contributed by atoms with E-state index in [2.05, 4.69) is 66.0 Å². The van der Waals surface area contributed by atoms with Crippen LogP contribution >= 0.6 is 11.8 Å². The van der Waals surface area contributed by atoms with Crippen LogP contribution in [-0.4, -0.2) is 217 Å². The SMILES string of the molecule is COCCCN(C(=O)CCc1ccc(OCCCCN(C)CCOCCOCCC2CN(CCOCCOc3ccc(NC(=O)NC4NC(CC(O)N5CCN(C)CC5)CS4)cc3)NN2)cc1)C(C(=O)NCc1ccccc1)c1ccccc1. The number of anilines is 1. The van der Waals surface area contributed by atoms with Crippen molar-refractivity contribution in [1.29, 1.82) is 0 Å². The minimum Gasteiger partial charge on any atom is -0.494 e. The molecule has 4 amide bonds. The molecule has 21 nitrogen and oxygen atoms in total. The Balaban J connectivity index is 0.645. The van der Waals surface area contributed by atoms with Crippen molar-refractivity contribution < 1.29 is 47.9 Å². The number of methoxy groups -OCH3 is 1. The Bertz CT molecular complexity index is 2450. The third-order valence-electron chi connectivity index (χ3n) is 15.0. The molecule has 22 heteroatoms. The molecular weight excluding hydrogens is 1090 g/mol. The number of carbonyl (C=O) groups is 3. The quantitative estimate of drug-likeness (QED) is 0.0296. The van der Waals surface area contributed by atoms with Gasteiger partial charge in [0.05, 0.1) is 39.6 Å². The highest BCUT2D eigenvalue weighted by atomic mass is 32.2. The normalized spacial score (nSPS) is 18.4. The summed E-state index contributed by atoms with van der Waals surface area (Å²) in [6, 6.07) is 33.8. The summed E-state index contributed by atoms with van der Waals surface area (Å²) in [6.07, 6.45) is 4.37. The molecule has 7 rings (SSSR count). The van der Waals surface area contributed by atoms with Crippen molar-refractivity contribution in [2.45, 2.75) is 81.3 Å². The average Bonchev–Trinajstić information content (AvgIpc) is 4.27. The third-order valence-corrected chi connectivity index (χ3v) is 16.1. The maximum absolute atomic E-state index is 14.0. The van der Waals surface area contributed by atoms with E-state index >= 15 is 0 Å². The summed E-state index contributed by atoms with van der Waals surface area (Å²) in [7, 11) is 5.85. The number of aryl methyl sites for hydroxylation is 1. The zero-order valence-electron chi connectivity index (χ0n) is 49.6. The highest BCUT2D eigenvalue weighted by Crippen LogP contribution is 2.25. The van der Waals surface area contributed by atoms with Crippen LogP contribution in [0.3, 0.4) is 0 Å². The van der Waals surface area contributed by atoms with Gasteiger partial charge in [-0.25, -0.2) is 15.2 Å². The van der Waals surface area contributed by atoms with Crippen LogP contribution in [0.4, 0.5) is 10.5 Å². The fraction of sp³-hybridized carbons (Fsp3) is 0.565. The topological polar surface area (TPSA) is 215 Å². The van der Waals surface area contributed by atoms with E-state index in [0.29, 0.717) is 103 Å². The van der Waals surface area contributed by atoms with Crippen molar-refractivity contribution in [3.05, 3.63) is 126 Å². The number of nitrogens with one attached hydrogen (secondary N) is 6. The molecule has 0 aliphatic carbocycles. The van der Waals surface area contributed by atoms with Crippen LogP contribution in [0.5, 0.6) is 11.5 Å². The van der Waals surface area contributed by atoms with Crippen molar-refractivity contribution in [1.82, 2.24) is 51.5 Å². The number of rotatable bonds is 39. The number of piperazine rings is 1. The minimum absolute atomic E-state index is 0.0859. The molecule has 0 bridgehead atoms. The zero-order valence-corrected chi connectivity index (χ0v) is 50.5. The van der Waals surface area contributed by atoms with Crippen molar-refractivity contribution in [3.8, 4) is 11.5 Å². The van der Waals surface area contributed by atoms with Gasteiger partial charge in [-0.3, -0.25) is 19.8 Å². The van der Waals surface area contributed by atoms with Crippen LogP contribution < -0.4 is 41.7 Å². The molecule has 5 atom stereocenters. The summed E-state index contributed by atoms with van der Waals surface area (Å²) in [5.41, 5.74) is 9.79. The van der Waals surface area contributed by atoms with Crippen molar-refractivity contribution in [2.75, 3.05) is 151 Å². The third kappa shape index (κ3) is 24.5. The molecule has 3 fully saturated rings. The van der Waals surface area contributed by atoms with Gasteiger partial charge in [0.1, 0.15) is 35.9 Å². The van der Waals surface area contributed by atoms with Crippen LogP contribution in [0.2, 0.25) is 0 Å². The number of aliphatic hydroxyl groups excluding tert-OH is 1. The summed E-state index contributed by atoms with van der Waals surface area (Å²) in [6.45, 7) is 12.7. The summed E-state index contributed by atoms with van der Waals surface area (Å²) >= 11 is 1.63. The molecule has 3 heterocycles. The molecule has 462 valence electrons. The molecule has 5 unspecified atom stereocenters. The molecule has 7 N–H and O–H groups in total. The summed E-state index contributed by atoms with van der Waals surface area (Å²) in [5, 5.41) is 25.2. The number of ether oxygens (including phenoxy) is 6. The first-order valence-electron chi connectivity index (χ1n) is 29.9. The van der Waals surface area contributed by atoms with Gasteiger partial charge in [-0.1, -0.05) is 72.8 Å². The van der Waals surface area contributed by atoms with E-state index in [1.165, 1.54) is 0 Å². The first-order chi connectivity index (χ1) is 41.1. The Morgan fingerprint density at radius 3 is 2.17 bits per heavy atom. The van der Waals surface area contributed by atoms with Gasteiger partial charge >= 0.3 is 6.03 Å². The lowest BCUT2D eigenvalue weighted by molar-refractivity contribution is -0.141. The second-order valence-electron chi connectivity index (χ2n) is 21.6. The fourth-order valence-electron chi connectivity index (χ4n) is 10.00. The zero-order chi connectivity index (χ0) is 59.0. The van der Waals surface area contributed by atoms with Gasteiger partial charge < -0.3 is 64.2 Å². The molecular formula is C62H93N11O10S. The summed E-state index contributed by atoms with van der Waals surface area (Å²) < 4.78 is 34.8. The first kappa shape index (κ1) is 66.1. The Morgan fingerprint density at radius 2 is 1.42 bits per heavy atom. The number of hydrazine groups is 2. The Morgan fingerprint density at radius 1 is 0.726 bits per heavy atom. The molecule has 3 saturated heterocycles. The Labute approximate surface area is 502 Å². The fourth-order valence-corrected chi connectivity index (χ4v) is 11.1. The molecule has 4 aromatic rings. The number of amides is 4. The van der Waals surface area contributed by atoms with E-state index < -0.39 is 12.3 Å². The number of carbonyl (C=O) groups excluding carboxylic acids is 3. The van der Waals surface area contributed by atoms with Gasteiger partial charge in [0.15, 0.2) is 0 Å². The molecule has 0 saturated carbocycles. The lowest BCUT2D eigenvalue weighted by Crippen LogP contribution is -2.51. The number of hydrogen-bond donors (Lipinski definition) is 7. The van der Waals surface area contributed by atoms with E-state index in [0.717, 1.165) is 99.8 Å². The van der Waals surface area contributed by atoms with E-state index in [-0.39, 0.29) is 41.8 Å². The highest BCUT2D eigenvalue weighted by molar-refractivity contribution is 8.00. The Kier molecular flexibility index (Phi) is 29.8. The molecule has 0 aromatic heterocycles. The van der Waals surface area contributed by atoms with Crippen molar-refractivity contribution in [2.24, 2.45) is 0 Å². The van der Waals surface area contributed by atoms with Gasteiger partial charge in [-0.15, -0.1) is 11.8 Å². The van der Waals surface area contributed by atoms with Crippen LogP contribution in [0.15, 0.2) is 109 Å². The van der Waals surface area contributed by atoms with E-state index in [1.54, 1.807) is 23.8 Å². The predicted molar refractivity (Wildman–Crippen MR) is 328 cm³/mol. The smallest absolute Gasteiger partial charge is 0.321 e. The highest BCUT2D eigenvalue weighted by Gasteiger charge is 2.32. The first-order valence-corrected chi connectivity index (χ1v) is 31.0. The number of benzene rings is 4. The molecule has 3 aliphatic heterocycles. The van der Waals surface area contributed by atoms with Gasteiger partial charge in [0.25, 0.3) is 0 Å². The van der Waals surface area contributed by atoms with Crippen molar-refractivity contribution in [3.63, 3.8) is 0 Å². The average molecular weight is 1180 g/mol. The van der Waals surface area contributed by atoms with Crippen LogP contribution in [0, 0.1) is 0 Å². The van der Waals surface area contributed by atoms with E-state index in [4.69, 9.17) is 28.4 Å². The molecule has 0 spiro atoms. The van der Waals surface area contributed by atoms with E-state index in [9.17, 15) is 19.5 Å².